The summed E-state index contributed by atoms with van der Waals surface area (Å²) in [5.74, 6) is 2.41. The van der Waals surface area contributed by atoms with Crippen LogP contribution in [-0.4, -0.2) is 31.9 Å². The van der Waals surface area contributed by atoms with Crippen LogP contribution in [0.2, 0.25) is 0 Å². The minimum absolute atomic E-state index is 0.266. The number of hydrogen-bond acceptors (Lipinski definition) is 5. The number of rotatable bonds is 6. The molecular formula is C16H22N2O3. The summed E-state index contributed by atoms with van der Waals surface area (Å²) in [6.07, 6.45) is 0. The van der Waals surface area contributed by atoms with Gasteiger partial charge < -0.3 is 19.2 Å². The summed E-state index contributed by atoms with van der Waals surface area (Å²) in [4.78, 5) is 4.56. The number of methoxy groups -OCH3 is 1. The third-order valence-corrected chi connectivity index (χ3v) is 3.72. The highest BCUT2D eigenvalue weighted by atomic mass is 16.5. The van der Waals surface area contributed by atoms with Crippen LogP contribution >= 0.6 is 0 Å². The zero-order valence-electron chi connectivity index (χ0n) is 12.8. The van der Waals surface area contributed by atoms with Gasteiger partial charge in [-0.25, -0.2) is 4.98 Å². The first kappa shape index (κ1) is 14.4. The van der Waals surface area contributed by atoms with E-state index >= 15 is 0 Å². The molecule has 0 radical (unpaired) electrons. The van der Waals surface area contributed by atoms with Crippen LogP contribution in [0.15, 0.2) is 16.5 Å². The maximum absolute atomic E-state index is 5.80. The molecule has 0 aliphatic carbocycles. The lowest BCUT2D eigenvalue weighted by Crippen LogP contribution is -2.36. The van der Waals surface area contributed by atoms with Gasteiger partial charge in [0, 0.05) is 24.9 Å². The van der Waals surface area contributed by atoms with E-state index in [1.807, 2.05) is 6.07 Å². The Morgan fingerprint density at radius 2 is 2.19 bits per heavy atom. The molecule has 5 heteroatoms. The molecule has 2 aromatic rings. The Balaban J connectivity index is 1.78. The van der Waals surface area contributed by atoms with Crippen molar-refractivity contribution < 1.29 is 13.9 Å². The number of oxazole rings is 1. The van der Waals surface area contributed by atoms with Gasteiger partial charge in [-0.2, -0.15) is 0 Å². The molecular weight excluding hydrogens is 268 g/mol. The quantitative estimate of drug-likeness (QED) is 0.886. The van der Waals surface area contributed by atoms with Crippen molar-refractivity contribution in [1.29, 1.82) is 0 Å². The highest BCUT2D eigenvalue weighted by Gasteiger charge is 2.18. The summed E-state index contributed by atoms with van der Waals surface area (Å²) < 4.78 is 16.4. The van der Waals surface area contributed by atoms with E-state index in [-0.39, 0.29) is 5.92 Å². The van der Waals surface area contributed by atoms with Gasteiger partial charge in [-0.3, -0.25) is 0 Å². The van der Waals surface area contributed by atoms with Crippen LogP contribution in [0.4, 0.5) is 0 Å². The third-order valence-electron chi connectivity index (χ3n) is 3.72. The number of nitrogens with zero attached hydrogens (tertiary/aromatic N) is 1. The van der Waals surface area contributed by atoms with E-state index in [4.69, 9.17) is 13.9 Å². The monoisotopic (exact) mass is 290 g/mol. The van der Waals surface area contributed by atoms with Crippen LogP contribution in [0, 0.1) is 5.92 Å². The van der Waals surface area contributed by atoms with Crippen molar-refractivity contribution in [2.45, 2.75) is 26.3 Å². The van der Waals surface area contributed by atoms with E-state index in [0.717, 1.165) is 54.6 Å². The first-order chi connectivity index (χ1) is 10.2. The molecule has 0 atom stereocenters. The van der Waals surface area contributed by atoms with Crippen LogP contribution in [0.3, 0.4) is 0 Å². The second kappa shape index (κ2) is 6.03. The molecule has 0 unspecified atom stereocenters. The van der Waals surface area contributed by atoms with Crippen molar-refractivity contribution >= 4 is 11.1 Å². The molecule has 0 spiro atoms. The molecule has 1 saturated heterocycles. The molecule has 0 amide bonds. The molecule has 1 fully saturated rings. The van der Waals surface area contributed by atoms with Crippen molar-refractivity contribution in [1.82, 2.24) is 10.3 Å². The Hall–Kier alpha value is -1.59. The Morgan fingerprint density at radius 3 is 2.81 bits per heavy atom. The number of benzene rings is 1. The standard InChI is InChI=1S/C16H22N2O3/c1-10(2)16-18-13-4-11(5-14(19-3)15(13)21-16)6-17-7-12-8-20-9-12/h4-5,10,12,17H,6-9H2,1-3H3. The molecule has 3 rings (SSSR count). The number of aromatic nitrogens is 1. The van der Waals surface area contributed by atoms with E-state index in [0.29, 0.717) is 5.92 Å². The van der Waals surface area contributed by atoms with E-state index in [2.05, 4.69) is 30.2 Å². The SMILES string of the molecule is COc1cc(CNCC2COC2)cc2nc(C(C)C)oc12. The molecule has 1 aliphatic rings. The van der Waals surface area contributed by atoms with Gasteiger partial charge in [0.05, 0.1) is 20.3 Å². The second-order valence-corrected chi connectivity index (χ2v) is 5.89. The van der Waals surface area contributed by atoms with E-state index in [1.165, 1.54) is 0 Å². The van der Waals surface area contributed by atoms with Gasteiger partial charge in [0.25, 0.3) is 0 Å². The molecule has 0 saturated carbocycles. The molecule has 114 valence electrons. The number of hydrogen-bond donors (Lipinski definition) is 1. The summed E-state index contributed by atoms with van der Waals surface area (Å²) >= 11 is 0. The van der Waals surface area contributed by atoms with E-state index < -0.39 is 0 Å². The molecule has 5 nitrogen and oxygen atoms in total. The highest BCUT2D eigenvalue weighted by molar-refractivity contribution is 5.80. The first-order valence-electron chi connectivity index (χ1n) is 7.43. The summed E-state index contributed by atoms with van der Waals surface area (Å²) in [7, 11) is 1.66. The first-order valence-corrected chi connectivity index (χ1v) is 7.43. The lowest BCUT2D eigenvalue weighted by molar-refractivity contribution is -0.0307. The Kier molecular flexibility index (Phi) is 4.12. The summed E-state index contributed by atoms with van der Waals surface area (Å²) in [6.45, 7) is 7.66. The molecule has 0 bridgehead atoms. The van der Waals surface area contributed by atoms with E-state index in [1.54, 1.807) is 7.11 Å². The maximum Gasteiger partial charge on any atom is 0.198 e. The Labute approximate surface area is 124 Å². The smallest absolute Gasteiger partial charge is 0.198 e. The van der Waals surface area contributed by atoms with Crippen LogP contribution in [0.25, 0.3) is 11.1 Å². The molecule has 1 N–H and O–H groups in total. The fraction of sp³-hybridized carbons (Fsp3) is 0.562. The van der Waals surface area contributed by atoms with Gasteiger partial charge >= 0.3 is 0 Å². The van der Waals surface area contributed by atoms with Crippen LogP contribution < -0.4 is 10.1 Å². The third kappa shape index (κ3) is 3.04. The summed E-state index contributed by atoms with van der Waals surface area (Å²) in [5.41, 5.74) is 2.75. The maximum atomic E-state index is 5.80. The van der Waals surface area contributed by atoms with Gasteiger partial charge in [-0.15, -0.1) is 0 Å². The van der Waals surface area contributed by atoms with Gasteiger partial charge in [0.1, 0.15) is 5.52 Å². The zero-order chi connectivity index (χ0) is 14.8. The van der Waals surface area contributed by atoms with Gasteiger partial charge in [0.15, 0.2) is 17.2 Å². The normalized spacial score (nSPS) is 15.6. The van der Waals surface area contributed by atoms with Crippen LogP contribution in [-0.2, 0) is 11.3 Å². The van der Waals surface area contributed by atoms with E-state index in [9.17, 15) is 0 Å². The summed E-state index contributed by atoms with van der Waals surface area (Å²) in [5, 5.41) is 3.46. The van der Waals surface area contributed by atoms with Crippen molar-refractivity contribution in [2.24, 2.45) is 5.92 Å². The van der Waals surface area contributed by atoms with Gasteiger partial charge in [-0.05, 0) is 17.7 Å². The largest absolute Gasteiger partial charge is 0.493 e. The lowest BCUT2D eigenvalue weighted by Gasteiger charge is -2.26. The number of nitrogens with one attached hydrogen (secondary N) is 1. The molecule has 21 heavy (non-hydrogen) atoms. The van der Waals surface area contributed by atoms with Crippen LogP contribution in [0.1, 0.15) is 31.2 Å². The van der Waals surface area contributed by atoms with Gasteiger partial charge in [0.2, 0.25) is 0 Å². The van der Waals surface area contributed by atoms with Crippen molar-refractivity contribution in [3.05, 3.63) is 23.6 Å². The van der Waals surface area contributed by atoms with Crippen molar-refractivity contribution in [3.63, 3.8) is 0 Å². The van der Waals surface area contributed by atoms with Crippen LogP contribution in [0.5, 0.6) is 5.75 Å². The fourth-order valence-electron chi connectivity index (χ4n) is 2.40. The number of fused-ring (bicyclic) bond motifs is 1. The Bertz CT molecular complexity index is 617. The molecule has 2 heterocycles. The average Bonchev–Trinajstić information content (AvgIpc) is 2.84. The minimum Gasteiger partial charge on any atom is -0.493 e. The predicted octanol–water partition coefficient (Wildman–Crippen LogP) is 2.70. The van der Waals surface area contributed by atoms with Gasteiger partial charge in [-0.1, -0.05) is 13.8 Å². The minimum atomic E-state index is 0.266. The fourth-order valence-corrected chi connectivity index (χ4v) is 2.40. The topological polar surface area (TPSA) is 56.5 Å². The lowest BCUT2D eigenvalue weighted by atomic mass is 10.1. The predicted molar refractivity (Wildman–Crippen MR) is 80.7 cm³/mol. The molecule has 1 aliphatic heterocycles. The highest BCUT2D eigenvalue weighted by Crippen LogP contribution is 2.30. The zero-order valence-corrected chi connectivity index (χ0v) is 12.8. The molecule has 1 aromatic carbocycles. The van der Waals surface area contributed by atoms with Crippen molar-refractivity contribution in [3.8, 4) is 5.75 Å². The second-order valence-electron chi connectivity index (χ2n) is 5.89. The van der Waals surface area contributed by atoms with Crippen molar-refractivity contribution in [2.75, 3.05) is 26.9 Å². The molecule has 1 aromatic heterocycles. The summed E-state index contributed by atoms with van der Waals surface area (Å²) in [6, 6.07) is 4.08. The number of ether oxygens (including phenoxy) is 2. The Morgan fingerprint density at radius 1 is 1.38 bits per heavy atom. The average molecular weight is 290 g/mol.